The maximum absolute atomic E-state index is 11.3. The second-order valence-electron chi connectivity index (χ2n) is 6.07. The highest BCUT2D eigenvalue weighted by Crippen LogP contribution is 2.37. The highest BCUT2D eigenvalue weighted by Gasteiger charge is 2.28. The summed E-state index contributed by atoms with van der Waals surface area (Å²) in [4.78, 5) is 11.3. The number of rotatable bonds is 3. The molecule has 0 bridgehead atoms. The molecule has 2 aromatic rings. The van der Waals surface area contributed by atoms with Gasteiger partial charge in [-0.05, 0) is 47.9 Å². The topological polar surface area (TPSA) is 55.1 Å². The molecular formula is C19H23ClN2O. The van der Waals surface area contributed by atoms with Crippen LogP contribution in [0.15, 0.2) is 48.5 Å². The van der Waals surface area contributed by atoms with E-state index < -0.39 is 0 Å². The molecule has 1 aliphatic rings. The molecule has 2 atom stereocenters. The molecule has 3 N–H and O–H groups in total. The van der Waals surface area contributed by atoms with E-state index in [1.807, 2.05) is 18.2 Å². The molecule has 0 heterocycles. The summed E-state index contributed by atoms with van der Waals surface area (Å²) in [5.74, 6) is 0.413. The van der Waals surface area contributed by atoms with Crippen LogP contribution in [0.2, 0.25) is 0 Å². The van der Waals surface area contributed by atoms with Crippen molar-refractivity contribution < 1.29 is 4.79 Å². The van der Waals surface area contributed by atoms with E-state index in [2.05, 4.69) is 35.6 Å². The normalized spacial score (nSPS) is 19.4. The first-order chi connectivity index (χ1) is 10.6. The van der Waals surface area contributed by atoms with Gasteiger partial charge in [-0.15, -0.1) is 12.4 Å². The molecule has 3 rings (SSSR count). The number of nitrogens with two attached hydrogens (primary N) is 1. The molecule has 4 heteroatoms. The first-order valence-electron chi connectivity index (χ1n) is 7.84. The molecule has 0 aromatic heterocycles. The van der Waals surface area contributed by atoms with Crippen LogP contribution in [0, 0.1) is 5.92 Å². The van der Waals surface area contributed by atoms with Gasteiger partial charge in [-0.2, -0.15) is 0 Å². The summed E-state index contributed by atoms with van der Waals surface area (Å²) < 4.78 is 0. The third-order valence-corrected chi connectivity index (χ3v) is 4.50. The van der Waals surface area contributed by atoms with E-state index in [1.165, 1.54) is 16.7 Å². The lowest BCUT2D eigenvalue weighted by molar-refractivity contribution is -0.114. The van der Waals surface area contributed by atoms with Gasteiger partial charge in [-0.25, -0.2) is 0 Å². The first-order valence-corrected chi connectivity index (χ1v) is 7.84. The van der Waals surface area contributed by atoms with Crippen molar-refractivity contribution in [2.45, 2.75) is 32.2 Å². The Morgan fingerprint density at radius 2 is 1.91 bits per heavy atom. The Balaban J connectivity index is 0.00000192. The van der Waals surface area contributed by atoms with Crippen LogP contribution < -0.4 is 11.1 Å². The van der Waals surface area contributed by atoms with Crippen LogP contribution >= 0.6 is 12.4 Å². The zero-order valence-corrected chi connectivity index (χ0v) is 14.1. The van der Waals surface area contributed by atoms with Crippen LogP contribution in [0.5, 0.6) is 0 Å². The van der Waals surface area contributed by atoms with Crippen molar-refractivity contribution in [1.29, 1.82) is 0 Å². The summed E-state index contributed by atoms with van der Waals surface area (Å²) in [6.45, 7) is 1.54. The zero-order valence-electron chi connectivity index (χ0n) is 13.3. The summed E-state index contributed by atoms with van der Waals surface area (Å²) in [6, 6.07) is 16.6. The summed E-state index contributed by atoms with van der Waals surface area (Å²) in [7, 11) is 0. The fourth-order valence-corrected chi connectivity index (χ4v) is 3.41. The van der Waals surface area contributed by atoms with Gasteiger partial charge in [0.1, 0.15) is 0 Å². The van der Waals surface area contributed by atoms with Gasteiger partial charge >= 0.3 is 0 Å². The lowest BCUT2D eigenvalue weighted by atomic mass is 9.77. The van der Waals surface area contributed by atoms with Crippen LogP contribution in [0.25, 0.3) is 0 Å². The lowest BCUT2D eigenvalue weighted by Gasteiger charge is -2.32. The molecule has 0 radical (unpaired) electrons. The number of carbonyl (C=O) groups is 1. The smallest absolute Gasteiger partial charge is 0.221 e. The van der Waals surface area contributed by atoms with Gasteiger partial charge in [-0.1, -0.05) is 42.5 Å². The molecular weight excluding hydrogens is 308 g/mol. The fourth-order valence-electron chi connectivity index (χ4n) is 3.41. The molecule has 0 saturated heterocycles. The van der Waals surface area contributed by atoms with Crippen molar-refractivity contribution in [3.63, 3.8) is 0 Å². The predicted molar refractivity (Wildman–Crippen MR) is 96.9 cm³/mol. The number of hydrogen-bond acceptors (Lipinski definition) is 2. The van der Waals surface area contributed by atoms with Crippen molar-refractivity contribution in [2.24, 2.45) is 11.7 Å². The molecule has 3 nitrogen and oxygen atoms in total. The maximum Gasteiger partial charge on any atom is 0.221 e. The Kier molecular flexibility index (Phi) is 5.80. The zero-order chi connectivity index (χ0) is 15.5. The highest BCUT2D eigenvalue weighted by molar-refractivity contribution is 5.89. The van der Waals surface area contributed by atoms with Crippen LogP contribution in [0.3, 0.4) is 0 Å². The third-order valence-electron chi connectivity index (χ3n) is 4.50. The Hall–Kier alpha value is -1.84. The Morgan fingerprint density at radius 3 is 2.61 bits per heavy atom. The van der Waals surface area contributed by atoms with Gasteiger partial charge in [0.2, 0.25) is 5.91 Å². The van der Waals surface area contributed by atoms with Crippen LogP contribution in [-0.2, 0) is 17.6 Å². The van der Waals surface area contributed by atoms with Gasteiger partial charge < -0.3 is 11.1 Å². The molecule has 0 fully saturated rings. The number of benzene rings is 2. The van der Waals surface area contributed by atoms with Crippen molar-refractivity contribution in [3.05, 3.63) is 65.2 Å². The third kappa shape index (κ3) is 3.92. The maximum atomic E-state index is 11.3. The standard InChI is InChI=1S/C19H22N2O.ClH/c1-13(22)21-18-9-5-8-17-16(18)11-10-15(19(17)20)12-14-6-3-2-4-7-14;/h2-9,15,19H,10-12,20H2,1H3,(H,21,22);1H. The van der Waals surface area contributed by atoms with Gasteiger partial charge in [0.25, 0.3) is 0 Å². The van der Waals surface area contributed by atoms with Gasteiger partial charge in [0, 0.05) is 18.7 Å². The molecule has 0 spiro atoms. The number of halogens is 1. The average molecular weight is 331 g/mol. The number of anilines is 1. The molecule has 122 valence electrons. The van der Waals surface area contributed by atoms with E-state index in [0.717, 1.165) is 24.9 Å². The Morgan fingerprint density at radius 1 is 1.17 bits per heavy atom. The quantitative estimate of drug-likeness (QED) is 0.897. The van der Waals surface area contributed by atoms with Crippen LogP contribution in [0.4, 0.5) is 5.69 Å². The number of amides is 1. The monoisotopic (exact) mass is 330 g/mol. The largest absolute Gasteiger partial charge is 0.326 e. The van der Waals surface area contributed by atoms with E-state index >= 15 is 0 Å². The van der Waals surface area contributed by atoms with E-state index in [9.17, 15) is 4.79 Å². The van der Waals surface area contributed by atoms with Gasteiger partial charge in [0.05, 0.1) is 0 Å². The summed E-state index contributed by atoms with van der Waals surface area (Å²) in [6.07, 6.45) is 3.03. The van der Waals surface area contributed by atoms with Crippen molar-refractivity contribution in [3.8, 4) is 0 Å². The second kappa shape index (κ2) is 7.62. The van der Waals surface area contributed by atoms with Crippen LogP contribution in [0.1, 0.15) is 36.1 Å². The molecule has 2 aromatic carbocycles. The SMILES string of the molecule is CC(=O)Nc1cccc2c1CCC(Cc1ccccc1)C2N.Cl. The average Bonchev–Trinajstić information content (AvgIpc) is 2.51. The number of hydrogen-bond donors (Lipinski definition) is 2. The Bertz CT molecular complexity index is 672. The molecule has 0 saturated carbocycles. The Labute approximate surface area is 143 Å². The first kappa shape index (κ1) is 17.5. The van der Waals surface area contributed by atoms with E-state index in [1.54, 1.807) is 6.92 Å². The van der Waals surface area contributed by atoms with Gasteiger partial charge in [-0.3, -0.25) is 4.79 Å². The lowest BCUT2D eigenvalue weighted by Crippen LogP contribution is -2.29. The minimum atomic E-state index is -0.0339. The minimum Gasteiger partial charge on any atom is -0.326 e. The highest BCUT2D eigenvalue weighted by atomic mass is 35.5. The van der Waals surface area contributed by atoms with E-state index in [-0.39, 0.29) is 24.4 Å². The molecule has 1 aliphatic carbocycles. The molecule has 0 aliphatic heterocycles. The van der Waals surface area contributed by atoms with Crippen LogP contribution in [-0.4, -0.2) is 5.91 Å². The van der Waals surface area contributed by atoms with E-state index in [0.29, 0.717) is 5.92 Å². The molecule has 2 unspecified atom stereocenters. The predicted octanol–water partition coefficient (Wildman–Crippen LogP) is 3.87. The number of nitrogens with one attached hydrogen (secondary N) is 1. The molecule has 1 amide bonds. The molecule has 23 heavy (non-hydrogen) atoms. The summed E-state index contributed by atoms with van der Waals surface area (Å²) in [5, 5.41) is 2.92. The minimum absolute atomic E-state index is 0. The van der Waals surface area contributed by atoms with Crippen molar-refractivity contribution >= 4 is 24.0 Å². The van der Waals surface area contributed by atoms with Crippen molar-refractivity contribution in [1.82, 2.24) is 0 Å². The van der Waals surface area contributed by atoms with Gasteiger partial charge in [0.15, 0.2) is 0 Å². The second-order valence-corrected chi connectivity index (χ2v) is 6.07. The summed E-state index contributed by atoms with van der Waals surface area (Å²) >= 11 is 0. The van der Waals surface area contributed by atoms with E-state index in [4.69, 9.17) is 5.73 Å². The number of carbonyl (C=O) groups excluding carboxylic acids is 1. The summed E-state index contributed by atoms with van der Waals surface area (Å²) in [5.41, 5.74) is 11.2. The number of fused-ring (bicyclic) bond motifs is 1. The fraction of sp³-hybridized carbons (Fsp3) is 0.316. The van der Waals surface area contributed by atoms with Crippen molar-refractivity contribution in [2.75, 3.05) is 5.32 Å².